The van der Waals surface area contributed by atoms with E-state index in [1.165, 1.54) is 49.4 Å². The predicted molar refractivity (Wildman–Crippen MR) is 159 cm³/mol. The summed E-state index contributed by atoms with van der Waals surface area (Å²) in [7, 11) is 0. The summed E-state index contributed by atoms with van der Waals surface area (Å²) >= 11 is 3.65. The highest BCUT2D eigenvalue weighted by atomic mass is 79.9. The molecule has 0 atom stereocenters. The molecule has 8 aromatic rings. The number of furan rings is 1. The van der Waals surface area contributed by atoms with Gasteiger partial charge in [-0.3, -0.25) is 0 Å². The van der Waals surface area contributed by atoms with Crippen molar-refractivity contribution in [1.82, 2.24) is 4.57 Å². The fourth-order valence-electron chi connectivity index (χ4n) is 5.84. The number of nitrogens with zero attached hydrogens (tertiary/aromatic N) is 1. The third-order valence-corrected chi connectivity index (χ3v) is 7.94. The second-order valence-corrected chi connectivity index (χ2v) is 10.4. The Hall–Kier alpha value is -4.34. The van der Waals surface area contributed by atoms with E-state index in [0.29, 0.717) is 0 Å². The Bertz CT molecular complexity index is 2160. The van der Waals surface area contributed by atoms with Gasteiger partial charge in [0.1, 0.15) is 11.2 Å². The standard InChI is InChI=1S/C34H20BrNO/c35-23-16-18-32-28(20-23)34-25(11-6-14-33(34)37-32)22-15-17-27-26-10-3-4-12-30(26)36(31(27)19-22)29-13-5-8-21-7-1-2-9-24(21)29/h1-20H. The van der Waals surface area contributed by atoms with E-state index in [0.717, 1.165) is 26.4 Å². The van der Waals surface area contributed by atoms with Gasteiger partial charge in [-0.1, -0.05) is 94.8 Å². The van der Waals surface area contributed by atoms with E-state index in [2.05, 4.69) is 130 Å². The van der Waals surface area contributed by atoms with Crippen molar-refractivity contribution >= 4 is 70.4 Å². The number of rotatable bonds is 2. The number of hydrogen-bond donors (Lipinski definition) is 0. The number of halogens is 1. The first-order valence-electron chi connectivity index (χ1n) is 12.4. The van der Waals surface area contributed by atoms with Crippen molar-refractivity contribution in [2.75, 3.05) is 0 Å². The van der Waals surface area contributed by atoms with Crippen LogP contribution >= 0.6 is 15.9 Å². The Balaban J connectivity index is 1.48. The van der Waals surface area contributed by atoms with E-state index in [-0.39, 0.29) is 0 Å². The molecular weight excluding hydrogens is 518 g/mol. The van der Waals surface area contributed by atoms with Crippen LogP contribution in [0.5, 0.6) is 0 Å². The molecule has 0 N–H and O–H groups in total. The van der Waals surface area contributed by atoms with Crippen LogP contribution in [0.4, 0.5) is 0 Å². The quantitative estimate of drug-likeness (QED) is 0.214. The SMILES string of the molecule is Brc1ccc2oc3cccc(-c4ccc5c6ccccc6n(-c6cccc7ccccc67)c5c4)c3c2c1. The summed E-state index contributed by atoms with van der Waals surface area (Å²) in [5.74, 6) is 0. The Labute approximate surface area is 221 Å². The second-order valence-electron chi connectivity index (χ2n) is 9.50. The first-order chi connectivity index (χ1) is 18.3. The molecule has 0 aliphatic heterocycles. The van der Waals surface area contributed by atoms with Gasteiger partial charge in [-0.2, -0.15) is 0 Å². The lowest BCUT2D eigenvalue weighted by atomic mass is 9.98. The maximum atomic E-state index is 6.22. The van der Waals surface area contributed by atoms with Crippen molar-refractivity contribution in [1.29, 1.82) is 0 Å². The lowest BCUT2D eigenvalue weighted by Crippen LogP contribution is -1.95. The first-order valence-corrected chi connectivity index (χ1v) is 13.2. The largest absolute Gasteiger partial charge is 0.456 e. The van der Waals surface area contributed by atoms with Crippen molar-refractivity contribution in [3.63, 3.8) is 0 Å². The van der Waals surface area contributed by atoms with Gasteiger partial charge in [0, 0.05) is 31.4 Å². The maximum absolute atomic E-state index is 6.22. The molecule has 0 amide bonds. The molecule has 6 aromatic carbocycles. The lowest BCUT2D eigenvalue weighted by Gasteiger charge is -2.12. The van der Waals surface area contributed by atoms with Crippen molar-refractivity contribution in [3.8, 4) is 16.8 Å². The van der Waals surface area contributed by atoms with Gasteiger partial charge < -0.3 is 8.98 Å². The molecule has 0 aliphatic carbocycles. The minimum absolute atomic E-state index is 0.900. The van der Waals surface area contributed by atoms with Gasteiger partial charge >= 0.3 is 0 Å². The van der Waals surface area contributed by atoms with E-state index < -0.39 is 0 Å². The molecule has 0 saturated carbocycles. The molecule has 0 unspecified atom stereocenters. The van der Waals surface area contributed by atoms with Crippen molar-refractivity contribution in [2.24, 2.45) is 0 Å². The molecule has 0 bridgehead atoms. The van der Waals surface area contributed by atoms with Crippen LogP contribution in [0, 0.1) is 0 Å². The lowest BCUT2D eigenvalue weighted by molar-refractivity contribution is 0.669. The van der Waals surface area contributed by atoms with Crippen LogP contribution < -0.4 is 0 Å². The zero-order valence-corrected chi connectivity index (χ0v) is 21.4. The van der Waals surface area contributed by atoms with Crippen molar-refractivity contribution in [3.05, 3.63) is 126 Å². The Morgan fingerprint density at radius 2 is 1.32 bits per heavy atom. The van der Waals surface area contributed by atoms with E-state index in [1.807, 2.05) is 12.1 Å². The van der Waals surface area contributed by atoms with Crippen LogP contribution in [0.25, 0.3) is 71.3 Å². The zero-order valence-electron chi connectivity index (χ0n) is 19.8. The zero-order chi connectivity index (χ0) is 24.5. The maximum Gasteiger partial charge on any atom is 0.136 e. The van der Waals surface area contributed by atoms with Crippen LogP contribution in [0.2, 0.25) is 0 Å². The molecule has 2 nitrogen and oxygen atoms in total. The Morgan fingerprint density at radius 3 is 2.27 bits per heavy atom. The van der Waals surface area contributed by atoms with Gasteiger partial charge in [-0.15, -0.1) is 0 Å². The summed E-state index contributed by atoms with van der Waals surface area (Å²) in [5.41, 5.74) is 7.74. The van der Waals surface area contributed by atoms with Crippen LogP contribution in [-0.2, 0) is 0 Å². The van der Waals surface area contributed by atoms with Crippen LogP contribution in [0.3, 0.4) is 0 Å². The molecule has 174 valence electrons. The number of fused-ring (bicyclic) bond motifs is 7. The fourth-order valence-corrected chi connectivity index (χ4v) is 6.20. The highest BCUT2D eigenvalue weighted by Crippen LogP contribution is 2.41. The minimum atomic E-state index is 0.900. The summed E-state index contributed by atoms with van der Waals surface area (Å²) < 4.78 is 9.68. The summed E-state index contributed by atoms with van der Waals surface area (Å²) in [5, 5.41) is 7.25. The highest BCUT2D eigenvalue weighted by molar-refractivity contribution is 9.10. The third-order valence-electron chi connectivity index (χ3n) is 7.45. The molecule has 2 aromatic heterocycles. The Morgan fingerprint density at radius 1 is 0.541 bits per heavy atom. The van der Waals surface area contributed by atoms with E-state index >= 15 is 0 Å². The molecule has 0 fully saturated rings. The summed E-state index contributed by atoms with van der Waals surface area (Å²) in [6, 6.07) is 43.3. The van der Waals surface area contributed by atoms with Crippen LogP contribution in [0.15, 0.2) is 130 Å². The number of aromatic nitrogens is 1. The minimum Gasteiger partial charge on any atom is -0.456 e. The van der Waals surface area contributed by atoms with E-state index in [9.17, 15) is 0 Å². The monoisotopic (exact) mass is 537 g/mol. The van der Waals surface area contributed by atoms with Crippen LogP contribution in [-0.4, -0.2) is 4.57 Å². The summed E-state index contributed by atoms with van der Waals surface area (Å²) in [4.78, 5) is 0. The topological polar surface area (TPSA) is 18.1 Å². The van der Waals surface area contributed by atoms with Gasteiger partial charge in [0.25, 0.3) is 0 Å². The second kappa shape index (κ2) is 7.83. The molecule has 0 spiro atoms. The third kappa shape index (κ3) is 3.04. The summed E-state index contributed by atoms with van der Waals surface area (Å²) in [6.45, 7) is 0. The van der Waals surface area contributed by atoms with Gasteiger partial charge in [0.2, 0.25) is 0 Å². The molecular formula is C34H20BrNO. The van der Waals surface area contributed by atoms with Crippen LogP contribution in [0.1, 0.15) is 0 Å². The molecule has 37 heavy (non-hydrogen) atoms. The fraction of sp³-hybridized carbons (Fsp3) is 0. The number of benzene rings is 6. The van der Waals surface area contributed by atoms with E-state index in [4.69, 9.17) is 4.42 Å². The normalized spacial score (nSPS) is 11.9. The molecule has 3 heteroatoms. The highest BCUT2D eigenvalue weighted by Gasteiger charge is 2.17. The smallest absolute Gasteiger partial charge is 0.136 e. The Kier molecular flexibility index (Phi) is 4.40. The predicted octanol–water partition coefficient (Wildman–Crippen LogP) is 10.3. The average Bonchev–Trinajstić information content (AvgIpc) is 3.47. The van der Waals surface area contributed by atoms with Crippen molar-refractivity contribution in [2.45, 2.75) is 0 Å². The van der Waals surface area contributed by atoms with E-state index in [1.54, 1.807) is 0 Å². The van der Waals surface area contributed by atoms with Gasteiger partial charge in [0.05, 0.1) is 16.7 Å². The van der Waals surface area contributed by atoms with Gasteiger partial charge in [-0.25, -0.2) is 0 Å². The van der Waals surface area contributed by atoms with Gasteiger partial charge in [0.15, 0.2) is 0 Å². The van der Waals surface area contributed by atoms with Crippen molar-refractivity contribution < 1.29 is 4.42 Å². The number of hydrogen-bond acceptors (Lipinski definition) is 1. The molecule has 8 rings (SSSR count). The molecule has 2 heterocycles. The summed E-state index contributed by atoms with van der Waals surface area (Å²) in [6.07, 6.45) is 0. The van der Waals surface area contributed by atoms with Gasteiger partial charge in [-0.05, 0) is 59.0 Å². The molecule has 0 aliphatic rings. The average molecular weight is 538 g/mol. The molecule has 0 saturated heterocycles. The number of para-hydroxylation sites is 1. The first kappa shape index (κ1) is 20.8. The molecule has 0 radical (unpaired) electrons.